The highest BCUT2D eigenvalue weighted by atomic mass is 32.2. The summed E-state index contributed by atoms with van der Waals surface area (Å²) in [5.41, 5.74) is 3.81. The smallest absolute Gasteiger partial charge is 0.263 e. The Bertz CT molecular complexity index is 1550. The van der Waals surface area contributed by atoms with E-state index < -0.39 is 10.0 Å². The van der Waals surface area contributed by atoms with E-state index in [4.69, 9.17) is 0 Å². The third kappa shape index (κ3) is 3.95. The molecule has 7 nitrogen and oxygen atoms in total. The van der Waals surface area contributed by atoms with Crippen molar-refractivity contribution >= 4 is 49.3 Å². The van der Waals surface area contributed by atoms with E-state index in [-0.39, 0.29) is 10.7 Å². The molecule has 0 unspecified atom stereocenters. The molecule has 32 heavy (non-hydrogen) atoms. The van der Waals surface area contributed by atoms with Crippen LogP contribution >= 0.6 is 0 Å². The largest absolute Gasteiger partial charge is 0.337 e. The molecule has 0 fully saturated rings. The van der Waals surface area contributed by atoms with E-state index in [2.05, 4.69) is 25.0 Å². The molecule has 2 N–H and O–H groups in total. The first-order chi connectivity index (χ1) is 15.5. The maximum Gasteiger partial charge on any atom is 0.263 e. The summed E-state index contributed by atoms with van der Waals surface area (Å²) in [5, 5.41) is 4.16. The van der Waals surface area contributed by atoms with E-state index in [1.54, 1.807) is 36.5 Å². The van der Waals surface area contributed by atoms with Crippen molar-refractivity contribution in [2.75, 3.05) is 10.0 Å². The van der Waals surface area contributed by atoms with Crippen LogP contribution in [0.25, 0.3) is 21.9 Å². The van der Waals surface area contributed by atoms with Crippen molar-refractivity contribution in [2.45, 2.75) is 11.8 Å². The maximum absolute atomic E-state index is 13.0. The number of pyridine rings is 1. The van der Waals surface area contributed by atoms with Gasteiger partial charge in [-0.2, -0.15) is 0 Å². The Morgan fingerprint density at radius 3 is 2.22 bits per heavy atom. The molecule has 0 radical (unpaired) electrons. The number of nitrogens with one attached hydrogen (secondary N) is 2. The Balaban J connectivity index is 1.57. The lowest BCUT2D eigenvalue weighted by atomic mass is 10.2. The van der Waals surface area contributed by atoms with E-state index >= 15 is 0 Å². The summed E-state index contributed by atoms with van der Waals surface area (Å²) in [4.78, 5) is 13.6. The molecule has 2 aromatic heterocycles. The topological polar surface area (TPSA) is 96.9 Å². The summed E-state index contributed by atoms with van der Waals surface area (Å²) < 4.78 is 28.6. The molecule has 5 aromatic rings. The summed E-state index contributed by atoms with van der Waals surface area (Å²) in [5.74, 6) is 0.429. The molecule has 0 aliphatic heterocycles. The monoisotopic (exact) mass is 441 g/mol. The third-order valence-electron chi connectivity index (χ3n) is 5.00. The van der Waals surface area contributed by atoms with Crippen molar-refractivity contribution < 1.29 is 8.42 Å². The van der Waals surface area contributed by atoms with Crippen LogP contribution in [-0.4, -0.2) is 23.4 Å². The Hall–Kier alpha value is -4.04. The van der Waals surface area contributed by atoms with Gasteiger partial charge in [-0.25, -0.2) is 18.4 Å². The highest BCUT2D eigenvalue weighted by Crippen LogP contribution is 2.28. The van der Waals surface area contributed by atoms with Crippen LogP contribution in [0.1, 0.15) is 5.56 Å². The molecule has 0 saturated heterocycles. The number of aryl methyl sites for hydroxylation is 1. The summed E-state index contributed by atoms with van der Waals surface area (Å²) in [7, 11) is -3.85. The normalized spacial score (nSPS) is 11.5. The van der Waals surface area contributed by atoms with Crippen LogP contribution in [0.4, 0.5) is 17.3 Å². The van der Waals surface area contributed by atoms with Gasteiger partial charge in [0.25, 0.3) is 10.0 Å². The molecular weight excluding hydrogens is 422 g/mol. The van der Waals surface area contributed by atoms with Gasteiger partial charge in [0.15, 0.2) is 11.6 Å². The first kappa shape index (κ1) is 19.9. The predicted octanol–water partition coefficient (Wildman–Crippen LogP) is 5.03. The quantitative estimate of drug-likeness (QED) is 0.397. The van der Waals surface area contributed by atoms with E-state index in [1.807, 2.05) is 55.5 Å². The molecule has 0 amide bonds. The highest BCUT2D eigenvalue weighted by molar-refractivity contribution is 7.92. The van der Waals surface area contributed by atoms with Crippen molar-refractivity contribution in [3.8, 4) is 0 Å². The minimum Gasteiger partial charge on any atom is -0.337 e. The predicted molar refractivity (Wildman–Crippen MR) is 127 cm³/mol. The fourth-order valence-electron chi connectivity index (χ4n) is 3.35. The standard InChI is InChI=1S/C24H19N5O2S/c1-16-8-11-19(12-9-16)32(30,31)29-24-23(27-21-6-2-3-7-22(21)28-24)26-18-10-13-20-17(15-18)5-4-14-25-20/h2-15H,1H3,(H,26,27)(H,28,29). The molecule has 8 heteroatoms. The number of anilines is 3. The van der Waals surface area contributed by atoms with Gasteiger partial charge in [0, 0.05) is 17.3 Å². The Kier molecular flexibility index (Phi) is 4.91. The van der Waals surface area contributed by atoms with E-state index in [1.165, 1.54) is 0 Å². The van der Waals surface area contributed by atoms with Crippen LogP contribution in [-0.2, 0) is 10.0 Å². The fraction of sp³-hybridized carbons (Fsp3) is 0.0417. The molecular formula is C24H19N5O2S. The number of aromatic nitrogens is 3. The van der Waals surface area contributed by atoms with Gasteiger partial charge in [-0.1, -0.05) is 35.9 Å². The number of hydrogen-bond acceptors (Lipinski definition) is 6. The Morgan fingerprint density at radius 1 is 0.750 bits per heavy atom. The van der Waals surface area contributed by atoms with Crippen LogP contribution in [0.3, 0.4) is 0 Å². The molecule has 158 valence electrons. The maximum atomic E-state index is 13.0. The third-order valence-corrected chi connectivity index (χ3v) is 6.35. The second-order valence-electron chi connectivity index (χ2n) is 7.36. The van der Waals surface area contributed by atoms with E-state index in [0.29, 0.717) is 16.9 Å². The van der Waals surface area contributed by atoms with E-state index in [9.17, 15) is 8.42 Å². The summed E-state index contributed by atoms with van der Waals surface area (Å²) in [6, 6.07) is 23.5. The zero-order chi connectivity index (χ0) is 22.1. The number of nitrogens with zero attached hydrogens (tertiary/aromatic N) is 3. The molecule has 0 spiro atoms. The van der Waals surface area contributed by atoms with Crippen molar-refractivity contribution in [3.63, 3.8) is 0 Å². The van der Waals surface area contributed by atoms with Gasteiger partial charge in [-0.05, 0) is 55.5 Å². The van der Waals surface area contributed by atoms with Crippen LogP contribution in [0.5, 0.6) is 0 Å². The minimum atomic E-state index is -3.85. The molecule has 5 rings (SSSR count). The lowest BCUT2D eigenvalue weighted by Crippen LogP contribution is -2.16. The SMILES string of the molecule is Cc1ccc(S(=O)(=O)Nc2nc3ccccc3nc2Nc2ccc3ncccc3c2)cc1. The summed E-state index contributed by atoms with van der Waals surface area (Å²) in [6.07, 6.45) is 1.74. The first-order valence-electron chi connectivity index (χ1n) is 9.96. The highest BCUT2D eigenvalue weighted by Gasteiger charge is 2.19. The van der Waals surface area contributed by atoms with Gasteiger partial charge in [-0.15, -0.1) is 0 Å². The van der Waals surface area contributed by atoms with Gasteiger partial charge in [0.05, 0.1) is 21.4 Å². The summed E-state index contributed by atoms with van der Waals surface area (Å²) in [6.45, 7) is 1.90. The van der Waals surface area contributed by atoms with Gasteiger partial charge >= 0.3 is 0 Å². The molecule has 0 saturated carbocycles. The molecule has 2 heterocycles. The van der Waals surface area contributed by atoms with Crippen LogP contribution in [0, 0.1) is 6.92 Å². The number of para-hydroxylation sites is 2. The molecule has 0 bridgehead atoms. The van der Waals surface area contributed by atoms with Gasteiger partial charge in [0.2, 0.25) is 0 Å². The lowest BCUT2D eigenvalue weighted by Gasteiger charge is -2.14. The Labute approximate surface area is 185 Å². The lowest BCUT2D eigenvalue weighted by molar-refractivity contribution is 0.601. The van der Waals surface area contributed by atoms with Gasteiger partial charge in [0.1, 0.15) is 0 Å². The Morgan fingerprint density at radius 2 is 1.47 bits per heavy atom. The molecule has 0 aliphatic carbocycles. The van der Waals surface area contributed by atoms with Crippen LogP contribution in [0.15, 0.2) is 90.0 Å². The average Bonchev–Trinajstić information content (AvgIpc) is 2.79. The second kappa shape index (κ2) is 7.90. The molecule has 0 atom stereocenters. The fourth-order valence-corrected chi connectivity index (χ4v) is 4.36. The number of fused-ring (bicyclic) bond motifs is 2. The van der Waals surface area contributed by atoms with Crippen LogP contribution < -0.4 is 10.0 Å². The average molecular weight is 442 g/mol. The minimum absolute atomic E-state index is 0.121. The van der Waals surface area contributed by atoms with Crippen molar-refractivity contribution in [3.05, 3.63) is 90.6 Å². The van der Waals surface area contributed by atoms with Crippen molar-refractivity contribution in [2.24, 2.45) is 0 Å². The zero-order valence-electron chi connectivity index (χ0n) is 17.1. The first-order valence-corrected chi connectivity index (χ1v) is 11.4. The van der Waals surface area contributed by atoms with Gasteiger partial charge in [-0.3, -0.25) is 9.71 Å². The number of benzene rings is 3. The number of hydrogen-bond donors (Lipinski definition) is 2. The zero-order valence-corrected chi connectivity index (χ0v) is 18.0. The molecule has 3 aromatic carbocycles. The van der Waals surface area contributed by atoms with E-state index in [0.717, 1.165) is 22.2 Å². The summed E-state index contributed by atoms with van der Waals surface area (Å²) >= 11 is 0. The van der Waals surface area contributed by atoms with Crippen molar-refractivity contribution in [1.29, 1.82) is 0 Å². The van der Waals surface area contributed by atoms with Crippen molar-refractivity contribution in [1.82, 2.24) is 15.0 Å². The molecule has 0 aliphatic rings. The second-order valence-corrected chi connectivity index (χ2v) is 9.05. The number of rotatable bonds is 5. The van der Waals surface area contributed by atoms with Crippen LogP contribution in [0.2, 0.25) is 0 Å². The van der Waals surface area contributed by atoms with Gasteiger partial charge < -0.3 is 5.32 Å². The number of sulfonamides is 1.